The van der Waals surface area contributed by atoms with Crippen LogP contribution in [0, 0.1) is 3.57 Å². The van der Waals surface area contributed by atoms with Crippen molar-refractivity contribution in [2.45, 2.75) is 6.42 Å². The van der Waals surface area contributed by atoms with Gasteiger partial charge in [-0.3, -0.25) is 4.79 Å². The van der Waals surface area contributed by atoms with Crippen molar-refractivity contribution in [2.75, 3.05) is 5.32 Å². The molecular formula is C15H13IN2OS. The lowest BCUT2D eigenvalue weighted by Crippen LogP contribution is -2.15. The first kappa shape index (κ1) is 14.9. The van der Waals surface area contributed by atoms with E-state index in [1.165, 1.54) is 0 Å². The normalized spacial score (nSPS) is 10.1. The van der Waals surface area contributed by atoms with E-state index in [2.05, 4.69) is 27.9 Å². The molecule has 0 aromatic heterocycles. The number of hydrogen-bond acceptors (Lipinski definition) is 2. The summed E-state index contributed by atoms with van der Waals surface area (Å²) in [6, 6.07) is 15.1. The number of hydrogen-bond donors (Lipinski definition) is 2. The molecule has 0 heterocycles. The van der Waals surface area contributed by atoms with Gasteiger partial charge in [-0.15, -0.1) is 0 Å². The highest BCUT2D eigenvalue weighted by Gasteiger charge is 2.06. The van der Waals surface area contributed by atoms with E-state index in [9.17, 15) is 4.79 Å². The maximum Gasteiger partial charge on any atom is 0.228 e. The molecule has 102 valence electrons. The molecule has 2 aromatic carbocycles. The van der Waals surface area contributed by atoms with Gasteiger partial charge in [0.15, 0.2) is 0 Å². The van der Waals surface area contributed by atoms with E-state index < -0.39 is 0 Å². The lowest BCUT2D eigenvalue weighted by molar-refractivity contribution is -0.115. The van der Waals surface area contributed by atoms with Crippen molar-refractivity contribution in [1.29, 1.82) is 0 Å². The fourth-order valence-electron chi connectivity index (χ4n) is 1.73. The van der Waals surface area contributed by atoms with Crippen LogP contribution in [0.5, 0.6) is 0 Å². The molecule has 5 heteroatoms. The second-order valence-electron chi connectivity index (χ2n) is 4.27. The van der Waals surface area contributed by atoms with Crippen molar-refractivity contribution in [3.05, 3.63) is 63.2 Å². The first-order chi connectivity index (χ1) is 9.56. The van der Waals surface area contributed by atoms with Gasteiger partial charge in [0, 0.05) is 9.13 Å². The average molecular weight is 396 g/mol. The highest BCUT2D eigenvalue weighted by molar-refractivity contribution is 14.1. The van der Waals surface area contributed by atoms with Crippen LogP contribution in [0.15, 0.2) is 48.5 Å². The smallest absolute Gasteiger partial charge is 0.228 e. The van der Waals surface area contributed by atoms with Crippen LogP contribution < -0.4 is 11.1 Å². The molecular weight excluding hydrogens is 383 g/mol. The van der Waals surface area contributed by atoms with E-state index in [4.69, 9.17) is 18.0 Å². The van der Waals surface area contributed by atoms with Crippen molar-refractivity contribution in [2.24, 2.45) is 5.73 Å². The molecule has 3 N–H and O–H groups in total. The number of anilines is 1. The summed E-state index contributed by atoms with van der Waals surface area (Å²) in [5, 5.41) is 2.90. The Morgan fingerprint density at radius 2 is 1.80 bits per heavy atom. The van der Waals surface area contributed by atoms with Gasteiger partial charge in [-0.25, -0.2) is 0 Å². The van der Waals surface area contributed by atoms with Crippen molar-refractivity contribution in [3.63, 3.8) is 0 Å². The third-order valence-electron chi connectivity index (χ3n) is 2.75. The molecule has 0 aliphatic heterocycles. The molecule has 0 spiro atoms. The first-order valence-corrected chi connectivity index (χ1v) is 7.48. The molecule has 0 saturated heterocycles. The van der Waals surface area contributed by atoms with E-state index >= 15 is 0 Å². The van der Waals surface area contributed by atoms with Gasteiger partial charge in [-0.2, -0.15) is 0 Å². The van der Waals surface area contributed by atoms with Crippen molar-refractivity contribution >= 4 is 51.4 Å². The van der Waals surface area contributed by atoms with Gasteiger partial charge in [0.1, 0.15) is 4.99 Å². The number of nitrogens with two attached hydrogens (primary N) is 1. The molecule has 20 heavy (non-hydrogen) atoms. The standard InChI is InChI=1S/C15H13IN2OS/c16-12-3-1-2-4-13(12)18-14(19)9-10-5-7-11(8-6-10)15(17)20/h1-8H,9H2,(H2,17,20)(H,18,19). The monoisotopic (exact) mass is 396 g/mol. The SMILES string of the molecule is NC(=S)c1ccc(CC(=O)Nc2ccccc2I)cc1. The van der Waals surface area contributed by atoms with Crippen LogP contribution in [0.3, 0.4) is 0 Å². The van der Waals surface area contributed by atoms with Crippen molar-refractivity contribution < 1.29 is 4.79 Å². The molecule has 0 aliphatic rings. The van der Waals surface area contributed by atoms with Crippen LogP contribution in [0.1, 0.15) is 11.1 Å². The maximum absolute atomic E-state index is 12.0. The Morgan fingerprint density at radius 3 is 2.40 bits per heavy atom. The zero-order chi connectivity index (χ0) is 14.5. The van der Waals surface area contributed by atoms with E-state index in [1.807, 2.05) is 48.5 Å². The Hall–Kier alpha value is -1.47. The number of amides is 1. The number of para-hydroxylation sites is 1. The second-order valence-corrected chi connectivity index (χ2v) is 5.87. The predicted molar refractivity (Wildman–Crippen MR) is 93.8 cm³/mol. The third kappa shape index (κ3) is 4.01. The summed E-state index contributed by atoms with van der Waals surface area (Å²) < 4.78 is 1.02. The van der Waals surface area contributed by atoms with E-state index in [-0.39, 0.29) is 5.91 Å². The summed E-state index contributed by atoms with van der Waals surface area (Å²) in [5.74, 6) is -0.0443. The minimum atomic E-state index is -0.0443. The molecule has 0 atom stereocenters. The number of carbonyl (C=O) groups excluding carboxylic acids is 1. The van der Waals surface area contributed by atoms with Gasteiger partial charge in [-0.05, 0) is 40.3 Å². The van der Waals surface area contributed by atoms with E-state index in [0.29, 0.717) is 11.4 Å². The van der Waals surface area contributed by atoms with E-state index in [1.54, 1.807) is 0 Å². The first-order valence-electron chi connectivity index (χ1n) is 5.99. The van der Waals surface area contributed by atoms with Gasteiger partial charge in [0.05, 0.1) is 12.1 Å². The van der Waals surface area contributed by atoms with Crippen LogP contribution in [-0.4, -0.2) is 10.9 Å². The zero-order valence-electron chi connectivity index (χ0n) is 10.6. The molecule has 0 unspecified atom stereocenters. The summed E-state index contributed by atoms with van der Waals surface area (Å²) in [5.41, 5.74) is 8.10. The minimum Gasteiger partial charge on any atom is -0.389 e. The molecule has 0 fully saturated rings. The largest absolute Gasteiger partial charge is 0.389 e. The van der Waals surface area contributed by atoms with Gasteiger partial charge < -0.3 is 11.1 Å². The fourth-order valence-corrected chi connectivity index (χ4v) is 2.39. The zero-order valence-corrected chi connectivity index (χ0v) is 13.6. The van der Waals surface area contributed by atoms with Gasteiger partial charge in [-0.1, -0.05) is 48.6 Å². The second kappa shape index (κ2) is 6.81. The minimum absolute atomic E-state index is 0.0443. The number of nitrogens with one attached hydrogen (secondary N) is 1. The van der Waals surface area contributed by atoms with Gasteiger partial charge in [0.25, 0.3) is 0 Å². The van der Waals surface area contributed by atoms with Crippen LogP contribution in [0.4, 0.5) is 5.69 Å². The summed E-state index contributed by atoms with van der Waals surface area (Å²) in [4.78, 5) is 12.3. The Kier molecular flexibility index (Phi) is 5.08. The highest BCUT2D eigenvalue weighted by atomic mass is 127. The molecule has 2 rings (SSSR count). The number of benzene rings is 2. The summed E-state index contributed by atoms with van der Waals surface area (Å²) in [6.45, 7) is 0. The van der Waals surface area contributed by atoms with Crippen LogP contribution in [-0.2, 0) is 11.2 Å². The Balaban J connectivity index is 2.01. The number of carbonyl (C=O) groups is 1. The highest BCUT2D eigenvalue weighted by Crippen LogP contribution is 2.17. The Labute approximate surface area is 136 Å². The quantitative estimate of drug-likeness (QED) is 0.617. The summed E-state index contributed by atoms with van der Waals surface area (Å²) in [6.07, 6.45) is 0.322. The lowest BCUT2D eigenvalue weighted by atomic mass is 10.1. The maximum atomic E-state index is 12.0. The summed E-state index contributed by atoms with van der Waals surface area (Å²) >= 11 is 7.09. The molecule has 0 bridgehead atoms. The topological polar surface area (TPSA) is 55.1 Å². The Morgan fingerprint density at radius 1 is 1.15 bits per heavy atom. The Bertz CT molecular complexity index is 641. The van der Waals surface area contributed by atoms with Crippen molar-refractivity contribution in [1.82, 2.24) is 0 Å². The van der Waals surface area contributed by atoms with Crippen LogP contribution in [0.2, 0.25) is 0 Å². The van der Waals surface area contributed by atoms with E-state index in [0.717, 1.165) is 20.4 Å². The molecule has 2 aromatic rings. The average Bonchev–Trinajstić information content (AvgIpc) is 2.42. The predicted octanol–water partition coefficient (Wildman–Crippen LogP) is 3.11. The van der Waals surface area contributed by atoms with Crippen LogP contribution >= 0.6 is 34.8 Å². The fraction of sp³-hybridized carbons (Fsp3) is 0.0667. The summed E-state index contributed by atoms with van der Waals surface area (Å²) in [7, 11) is 0. The number of thiocarbonyl (C=S) groups is 1. The van der Waals surface area contributed by atoms with Crippen molar-refractivity contribution in [3.8, 4) is 0 Å². The van der Waals surface area contributed by atoms with Crippen LogP contribution in [0.25, 0.3) is 0 Å². The number of halogens is 1. The van der Waals surface area contributed by atoms with Gasteiger partial charge >= 0.3 is 0 Å². The number of rotatable bonds is 4. The third-order valence-corrected chi connectivity index (χ3v) is 3.93. The molecule has 1 amide bonds. The molecule has 0 radical (unpaired) electrons. The molecule has 3 nitrogen and oxygen atoms in total. The molecule has 0 saturated carbocycles. The lowest BCUT2D eigenvalue weighted by Gasteiger charge is -2.07. The van der Waals surface area contributed by atoms with Gasteiger partial charge in [0.2, 0.25) is 5.91 Å². The molecule has 0 aliphatic carbocycles.